The number of hydrogen-bond donors (Lipinski definition) is 1. The van der Waals surface area contributed by atoms with Crippen LogP contribution in [0.3, 0.4) is 0 Å². The van der Waals surface area contributed by atoms with Gasteiger partial charge < -0.3 is 5.32 Å². The highest BCUT2D eigenvalue weighted by Crippen LogP contribution is 2.15. The Morgan fingerprint density at radius 1 is 1.33 bits per heavy atom. The van der Waals surface area contributed by atoms with E-state index < -0.39 is 19.9 Å². The van der Waals surface area contributed by atoms with E-state index in [9.17, 15) is 17.4 Å². The van der Waals surface area contributed by atoms with Crippen LogP contribution in [0.1, 0.15) is 18.9 Å². The van der Waals surface area contributed by atoms with Gasteiger partial charge in [0.15, 0.2) is 0 Å². The first-order valence-corrected chi connectivity index (χ1v) is 10.3. The fourth-order valence-electron chi connectivity index (χ4n) is 1.82. The van der Waals surface area contributed by atoms with Crippen LogP contribution in [0.5, 0.6) is 0 Å². The van der Waals surface area contributed by atoms with Crippen molar-refractivity contribution in [3.05, 3.63) is 29.8 Å². The summed E-state index contributed by atoms with van der Waals surface area (Å²) in [5, 5.41) is 2.77. The van der Waals surface area contributed by atoms with E-state index in [0.717, 1.165) is 5.56 Å². The van der Waals surface area contributed by atoms with E-state index in [1.54, 1.807) is 25.3 Å². The molecule has 0 fully saturated rings. The molecule has 2 atom stereocenters. The van der Waals surface area contributed by atoms with Gasteiger partial charge in [0.05, 0.1) is 4.90 Å². The molecule has 1 rings (SSSR count). The molecule has 0 aromatic heterocycles. The number of hydrogen-bond acceptors (Lipinski definition) is 4. The van der Waals surface area contributed by atoms with Crippen LogP contribution in [0.25, 0.3) is 0 Å². The van der Waals surface area contributed by atoms with E-state index in [2.05, 4.69) is 5.32 Å². The van der Waals surface area contributed by atoms with Crippen molar-refractivity contribution in [3.8, 4) is 0 Å². The topological polar surface area (TPSA) is 80.3 Å². The monoisotopic (exact) mass is 351 g/mol. The molecule has 5 nitrogen and oxygen atoms in total. The molecule has 8 heteroatoms. The summed E-state index contributed by atoms with van der Waals surface area (Å²) in [5.41, 5.74) is 0.848. The molecule has 1 amide bonds. The maximum atomic E-state index is 11.7. The third-order valence-corrected chi connectivity index (χ3v) is 5.08. The maximum Gasteiger partial charge on any atom is 0.261 e. The molecular formula is C13H18ClNO4S2. The number of nitrogens with one attached hydrogen (secondary N) is 1. The van der Waals surface area contributed by atoms with Crippen LogP contribution < -0.4 is 5.32 Å². The van der Waals surface area contributed by atoms with Crippen LogP contribution in [0.15, 0.2) is 29.2 Å². The van der Waals surface area contributed by atoms with Gasteiger partial charge in [-0.25, -0.2) is 8.42 Å². The van der Waals surface area contributed by atoms with Gasteiger partial charge in [0.2, 0.25) is 5.91 Å². The van der Waals surface area contributed by atoms with Gasteiger partial charge in [0, 0.05) is 46.0 Å². The van der Waals surface area contributed by atoms with E-state index in [0.29, 0.717) is 12.2 Å². The first-order chi connectivity index (χ1) is 9.68. The lowest BCUT2D eigenvalue weighted by molar-refractivity contribution is -0.121. The van der Waals surface area contributed by atoms with E-state index in [4.69, 9.17) is 10.7 Å². The van der Waals surface area contributed by atoms with Crippen LogP contribution >= 0.6 is 10.7 Å². The lowest BCUT2D eigenvalue weighted by Crippen LogP contribution is -2.36. The molecular weight excluding hydrogens is 334 g/mol. The van der Waals surface area contributed by atoms with Gasteiger partial charge >= 0.3 is 0 Å². The van der Waals surface area contributed by atoms with Crippen LogP contribution in [0.2, 0.25) is 0 Å². The van der Waals surface area contributed by atoms with Gasteiger partial charge in [-0.1, -0.05) is 12.1 Å². The molecule has 2 unspecified atom stereocenters. The quantitative estimate of drug-likeness (QED) is 0.753. The standard InChI is InChI=1S/C13H18ClNO4S2/c1-10(9-20(2)17)15-13(16)8-5-11-3-6-12(7-4-11)21(14,18)19/h3-4,6-7,10H,5,8-9H2,1-2H3,(H,15,16). The minimum Gasteiger partial charge on any atom is -0.353 e. The SMILES string of the molecule is CC(CS(C)=O)NC(=O)CCc1ccc(S(=O)(=O)Cl)cc1. The number of rotatable bonds is 7. The smallest absolute Gasteiger partial charge is 0.261 e. The van der Waals surface area contributed by atoms with Crippen molar-refractivity contribution in [1.82, 2.24) is 5.32 Å². The zero-order chi connectivity index (χ0) is 16.0. The van der Waals surface area contributed by atoms with Gasteiger partial charge in [0.25, 0.3) is 9.05 Å². The summed E-state index contributed by atoms with van der Waals surface area (Å²) >= 11 is 0. The third-order valence-electron chi connectivity index (χ3n) is 2.74. The molecule has 1 aromatic rings. The van der Waals surface area contributed by atoms with Crippen molar-refractivity contribution >= 4 is 36.4 Å². The summed E-state index contributed by atoms with van der Waals surface area (Å²) < 4.78 is 33.2. The Hall–Kier alpha value is -0.920. The minimum atomic E-state index is -3.71. The van der Waals surface area contributed by atoms with E-state index in [1.165, 1.54) is 12.1 Å². The highest BCUT2D eigenvalue weighted by Gasteiger charge is 2.11. The summed E-state index contributed by atoms with van der Waals surface area (Å²) in [5.74, 6) is 0.301. The number of carbonyl (C=O) groups is 1. The van der Waals surface area contributed by atoms with Gasteiger partial charge in [0.1, 0.15) is 0 Å². The van der Waals surface area contributed by atoms with Crippen molar-refractivity contribution in [1.29, 1.82) is 0 Å². The first-order valence-electron chi connectivity index (χ1n) is 6.31. The summed E-state index contributed by atoms with van der Waals surface area (Å²) in [6.07, 6.45) is 2.37. The molecule has 21 heavy (non-hydrogen) atoms. The number of aryl methyl sites for hydroxylation is 1. The number of amides is 1. The van der Waals surface area contributed by atoms with Crippen molar-refractivity contribution in [2.45, 2.75) is 30.7 Å². The Labute approximate surface area is 132 Å². The third kappa shape index (κ3) is 7.06. The number of benzene rings is 1. The summed E-state index contributed by atoms with van der Waals surface area (Å²) in [6, 6.07) is 5.96. The van der Waals surface area contributed by atoms with Crippen LogP contribution in [0.4, 0.5) is 0 Å². The minimum absolute atomic E-state index is 0.0383. The number of carbonyl (C=O) groups excluding carboxylic acids is 1. The fourth-order valence-corrected chi connectivity index (χ4v) is 3.37. The van der Waals surface area contributed by atoms with Crippen LogP contribution in [-0.2, 0) is 31.1 Å². The molecule has 0 aliphatic carbocycles. The second-order valence-electron chi connectivity index (χ2n) is 4.79. The molecule has 1 aromatic carbocycles. The molecule has 0 spiro atoms. The van der Waals surface area contributed by atoms with Crippen molar-refractivity contribution in [2.24, 2.45) is 0 Å². The van der Waals surface area contributed by atoms with E-state index >= 15 is 0 Å². The van der Waals surface area contributed by atoms with Crippen molar-refractivity contribution < 1.29 is 17.4 Å². The van der Waals surface area contributed by atoms with E-state index in [1.807, 2.05) is 0 Å². The molecule has 0 bridgehead atoms. The zero-order valence-corrected chi connectivity index (χ0v) is 14.2. The highest BCUT2D eigenvalue weighted by atomic mass is 35.7. The van der Waals surface area contributed by atoms with Crippen LogP contribution in [-0.4, -0.2) is 36.6 Å². The van der Waals surface area contributed by atoms with E-state index in [-0.39, 0.29) is 23.3 Å². The number of halogens is 1. The Kier molecular flexibility index (Phi) is 6.83. The summed E-state index contributed by atoms with van der Waals surface area (Å²) in [4.78, 5) is 11.7. The molecule has 0 aliphatic heterocycles. The van der Waals surface area contributed by atoms with Crippen molar-refractivity contribution in [2.75, 3.05) is 12.0 Å². The fraction of sp³-hybridized carbons (Fsp3) is 0.462. The molecule has 0 saturated heterocycles. The van der Waals surface area contributed by atoms with Crippen molar-refractivity contribution in [3.63, 3.8) is 0 Å². The zero-order valence-electron chi connectivity index (χ0n) is 11.8. The van der Waals surface area contributed by atoms with Crippen LogP contribution in [0, 0.1) is 0 Å². The maximum absolute atomic E-state index is 11.7. The Bertz CT molecular complexity index is 614. The van der Waals surface area contributed by atoms with Gasteiger partial charge in [-0.05, 0) is 31.0 Å². The normalized spacial score (nSPS) is 14.4. The Morgan fingerprint density at radius 2 is 1.90 bits per heavy atom. The van der Waals surface area contributed by atoms with Gasteiger partial charge in [-0.2, -0.15) is 0 Å². The molecule has 0 aliphatic rings. The lowest BCUT2D eigenvalue weighted by atomic mass is 10.1. The molecule has 0 radical (unpaired) electrons. The summed E-state index contributed by atoms with van der Waals surface area (Å²) in [7, 11) is 0.559. The Balaban J connectivity index is 2.48. The second-order valence-corrected chi connectivity index (χ2v) is 8.84. The average Bonchev–Trinajstić information content (AvgIpc) is 2.34. The molecule has 0 heterocycles. The lowest BCUT2D eigenvalue weighted by Gasteiger charge is -2.12. The molecule has 118 valence electrons. The first kappa shape index (κ1) is 18.1. The predicted octanol–water partition coefficient (Wildman–Crippen LogP) is 1.43. The second kappa shape index (κ2) is 7.91. The molecule has 0 saturated carbocycles. The van der Waals surface area contributed by atoms with Gasteiger partial charge in [-0.3, -0.25) is 9.00 Å². The van der Waals surface area contributed by atoms with Gasteiger partial charge in [-0.15, -0.1) is 0 Å². The summed E-state index contributed by atoms with van der Waals surface area (Å²) in [6.45, 7) is 1.80. The average molecular weight is 352 g/mol. The molecule has 1 N–H and O–H groups in total. The largest absolute Gasteiger partial charge is 0.353 e. The Morgan fingerprint density at radius 3 is 2.38 bits per heavy atom. The highest BCUT2D eigenvalue weighted by molar-refractivity contribution is 8.13. The predicted molar refractivity (Wildman–Crippen MR) is 84.3 cm³/mol.